The number of nitrogens with one attached hydrogen (secondary N) is 2. The van der Waals surface area contributed by atoms with Gasteiger partial charge in [0.25, 0.3) is 0 Å². The minimum absolute atomic E-state index is 0.270. The van der Waals surface area contributed by atoms with Gasteiger partial charge >= 0.3 is 0 Å². The van der Waals surface area contributed by atoms with E-state index in [1.807, 2.05) is 6.92 Å². The molecule has 1 aromatic heterocycles. The zero-order valence-corrected chi connectivity index (χ0v) is 11.3. The predicted molar refractivity (Wildman–Crippen MR) is 71.0 cm³/mol. The summed E-state index contributed by atoms with van der Waals surface area (Å²) in [4.78, 5) is 23.4. The van der Waals surface area contributed by atoms with Gasteiger partial charge in [0.2, 0.25) is 11.8 Å². The summed E-state index contributed by atoms with van der Waals surface area (Å²) < 4.78 is 5.09. The van der Waals surface area contributed by atoms with Crippen LogP contribution < -0.4 is 16.4 Å². The highest BCUT2D eigenvalue weighted by atomic mass is 16.3. The lowest BCUT2D eigenvalue weighted by Crippen LogP contribution is -2.50. The van der Waals surface area contributed by atoms with Crippen LogP contribution in [-0.2, 0) is 16.1 Å². The van der Waals surface area contributed by atoms with Gasteiger partial charge in [-0.1, -0.05) is 13.3 Å². The molecule has 2 atom stereocenters. The summed E-state index contributed by atoms with van der Waals surface area (Å²) in [7, 11) is 0. The van der Waals surface area contributed by atoms with E-state index in [1.165, 1.54) is 6.26 Å². The number of rotatable bonds is 7. The van der Waals surface area contributed by atoms with Crippen molar-refractivity contribution in [3.8, 4) is 0 Å². The summed E-state index contributed by atoms with van der Waals surface area (Å²) in [6, 6.07) is 2.33. The molecule has 19 heavy (non-hydrogen) atoms. The number of nitrogens with two attached hydrogens (primary N) is 1. The van der Waals surface area contributed by atoms with Crippen molar-refractivity contribution in [2.45, 2.75) is 45.3 Å². The van der Waals surface area contributed by atoms with Gasteiger partial charge in [0.15, 0.2) is 0 Å². The molecule has 1 rings (SSSR count). The minimum Gasteiger partial charge on any atom is -0.467 e. The highest BCUT2D eigenvalue weighted by Crippen LogP contribution is 1.99. The summed E-state index contributed by atoms with van der Waals surface area (Å²) in [5, 5.41) is 5.26. The van der Waals surface area contributed by atoms with Crippen molar-refractivity contribution in [3.63, 3.8) is 0 Å². The fourth-order valence-corrected chi connectivity index (χ4v) is 1.57. The van der Waals surface area contributed by atoms with Gasteiger partial charge in [-0.3, -0.25) is 9.59 Å². The molecule has 0 saturated heterocycles. The van der Waals surface area contributed by atoms with E-state index in [1.54, 1.807) is 19.1 Å². The second kappa shape index (κ2) is 7.58. The average molecular weight is 267 g/mol. The fraction of sp³-hybridized carbons (Fsp3) is 0.538. The van der Waals surface area contributed by atoms with Gasteiger partial charge in [-0.25, -0.2) is 0 Å². The molecule has 0 fully saturated rings. The maximum absolute atomic E-state index is 11.7. The highest BCUT2D eigenvalue weighted by molar-refractivity contribution is 5.89. The number of amides is 2. The normalized spacial score (nSPS) is 13.6. The molecule has 0 saturated carbocycles. The van der Waals surface area contributed by atoms with Gasteiger partial charge in [-0.05, 0) is 25.5 Å². The van der Waals surface area contributed by atoms with E-state index in [-0.39, 0.29) is 11.8 Å². The van der Waals surface area contributed by atoms with Crippen LogP contribution in [0.4, 0.5) is 0 Å². The lowest BCUT2D eigenvalue weighted by Gasteiger charge is -2.16. The molecule has 2 amide bonds. The first kappa shape index (κ1) is 15.2. The van der Waals surface area contributed by atoms with Crippen molar-refractivity contribution in [3.05, 3.63) is 24.2 Å². The number of hydrogen-bond acceptors (Lipinski definition) is 4. The third kappa shape index (κ3) is 5.13. The SMILES string of the molecule is CCCC(N)C(=O)NC(C)C(=O)NCc1ccco1. The predicted octanol–water partition coefficient (Wildman–Crippen LogP) is 0.528. The van der Waals surface area contributed by atoms with Crippen LogP contribution in [0, 0.1) is 0 Å². The van der Waals surface area contributed by atoms with Crippen LogP contribution in [0.5, 0.6) is 0 Å². The van der Waals surface area contributed by atoms with E-state index >= 15 is 0 Å². The lowest BCUT2D eigenvalue weighted by atomic mass is 10.1. The molecule has 0 spiro atoms. The average Bonchev–Trinajstić information content (AvgIpc) is 2.89. The molecule has 0 aliphatic rings. The summed E-state index contributed by atoms with van der Waals surface area (Å²) >= 11 is 0. The van der Waals surface area contributed by atoms with E-state index in [2.05, 4.69) is 10.6 Å². The van der Waals surface area contributed by atoms with Crippen molar-refractivity contribution in [1.82, 2.24) is 10.6 Å². The number of carbonyl (C=O) groups is 2. The van der Waals surface area contributed by atoms with Crippen LogP contribution in [0.15, 0.2) is 22.8 Å². The van der Waals surface area contributed by atoms with Gasteiger partial charge in [0.05, 0.1) is 18.8 Å². The Balaban J connectivity index is 2.33. The third-order valence-corrected chi connectivity index (χ3v) is 2.71. The highest BCUT2D eigenvalue weighted by Gasteiger charge is 2.19. The smallest absolute Gasteiger partial charge is 0.242 e. The molecule has 0 aliphatic heterocycles. The standard InChI is InChI=1S/C13H21N3O3/c1-3-5-11(14)13(18)16-9(2)12(17)15-8-10-6-4-7-19-10/h4,6-7,9,11H,3,5,8,14H2,1-2H3,(H,15,17)(H,16,18). The van der Waals surface area contributed by atoms with Crippen LogP contribution in [0.3, 0.4) is 0 Å². The Kier molecular flexibility index (Phi) is 6.08. The minimum atomic E-state index is -0.620. The topological polar surface area (TPSA) is 97.4 Å². The van der Waals surface area contributed by atoms with E-state index in [4.69, 9.17) is 10.2 Å². The van der Waals surface area contributed by atoms with E-state index < -0.39 is 12.1 Å². The first-order valence-electron chi connectivity index (χ1n) is 6.40. The second-order valence-corrected chi connectivity index (χ2v) is 4.42. The molecule has 2 unspecified atom stereocenters. The van der Waals surface area contributed by atoms with Gasteiger partial charge in [0.1, 0.15) is 11.8 Å². The zero-order chi connectivity index (χ0) is 14.3. The maximum atomic E-state index is 11.7. The summed E-state index contributed by atoms with van der Waals surface area (Å²) in [6.07, 6.45) is 2.97. The number of hydrogen-bond donors (Lipinski definition) is 3. The van der Waals surface area contributed by atoms with Crippen molar-refractivity contribution < 1.29 is 14.0 Å². The molecule has 4 N–H and O–H groups in total. The number of furan rings is 1. The molecule has 106 valence electrons. The number of carbonyl (C=O) groups excluding carboxylic acids is 2. The third-order valence-electron chi connectivity index (χ3n) is 2.71. The summed E-state index contributed by atoms with van der Waals surface area (Å²) in [5.41, 5.74) is 5.67. The lowest BCUT2D eigenvalue weighted by molar-refractivity contribution is -0.129. The van der Waals surface area contributed by atoms with Crippen LogP contribution >= 0.6 is 0 Å². The van der Waals surface area contributed by atoms with E-state index in [0.29, 0.717) is 18.7 Å². The van der Waals surface area contributed by atoms with Gasteiger partial charge in [-0.15, -0.1) is 0 Å². The van der Waals surface area contributed by atoms with Crippen LogP contribution in [0.2, 0.25) is 0 Å². The van der Waals surface area contributed by atoms with Crippen LogP contribution in [0.1, 0.15) is 32.4 Å². The monoisotopic (exact) mass is 267 g/mol. The molecule has 6 nitrogen and oxygen atoms in total. The largest absolute Gasteiger partial charge is 0.467 e. The first-order valence-corrected chi connectivity index (χ1v) is 6.40. The van der Waals surface area contributed by atoms with E-state index in [9.17, 15) is 9.59 Å². The zero-order valence-electron chi connectivity index (χ0n) is 11.3. The molecule has 6 heteroatoms. The van der Waals surface area contributed by atoms with Crippen molar-refractivity contribution in [2.24, 2.45) is 5.73 Å². The molecule has 0 aliphatic carbocycles. The maximum Gasteiger partial charge on any atom is 0.242 e. The molecule has 0 aromatic carbocycles. The Hall–Kier alpha value is -1.82. The van der Waals surface area contributed by atoms with Crippen molar-refractivity contribution in [1.29, 1.82) is 0 Å². The Labute approximate surface area is 112 Å². The second-order valence-electron chi connectivity index (χ2n) is 4.42. The summed E-state index contributed by atoms with van der Waals surface area (Å²) in [6.45, 7) is 3.87. The molecule has 0 radical (unpaired) electrons. The van der Waals surface area contributed by atoms with Gasteiger partial charge in [0, 0.05) is 0 Å². The Bertz CT molecular complexity index is 403. The fourth-order valence-electron chi connectivity index (χ4n) is 1.57. The Morgan fingerprint density at radius 1 is 1.42 bits per heavy atom. The summed E-state index contributed by atoms with van der Waals surface area (Å²) in [5.74, 6) is 0.0884. The first-order chi connectivity index (χ1) is 9.04. The molecule has 1 aromatic rings. The van der Waals surface area contributed by atoms with Gasteiger partial charge in [-0.2, -0.15) is 0 Å². The van der Waals surface area contributed by atoms with Crippen LogP contribution in [0.25, 0.3) is 0 Å². The van der Waals surface area contributed by atoms with Gasteiger partial charge < -0.3 is 20.8 Å². The van der Waals surface area contributed by atoms with Crippen molar-refractivity contribution in [2.75, 3.05) is 0 Å². The molecule has 0 bridgehead atoms. The Morgan fingerprint density at radius 2 is 2.16 bits per heavy atom. The molecule has 1 heterocycles. The van der Waals surface area contributed by atoms with Crippen LogP contribution in [-0.4, -0.2) is 23.9 Å². The Morgan fingerprint density at radius 3 is 2.74 bits per heavy atom. The van der Waals surface area contributed by atoms with E-state index in [0.717, 1.165) is 6.42 Å². The quantitative estimate of drug-likeness (QED) is 0.671. The molecular weight excluding hydrogens is 246 g/mol. The van der Waals surface area contributed by atoms with Crippen molar-refractivity contribution >= 4 is 11.8 Å². The molecular formula is C13H21N3O3.